The Morgan fingerprint density at radius 1 is 1.75 bits per heavy atom. The highest BCUT2D eigenvalue weighted by molar-refractivity contribution is 5.87. The molecule has 0 saturated carbocycles. The van der Waals surface area contributed by atoms with Crippen molar-refractivity contribution in [1.29, 1.82) is 0 Å². The second-order valence-corrected chi connectivity index (χ2v) is 2.14. The average molecular weight is 170 g/mol. The van der Waals surface area contributed by atoms with E-state index in [0.717, 1.165) is 6.26 Å². The highest BCUT2D eigenvalue weighted by Crippen LogP contribution is 1.93. The summed E-state index contributed by atoms with van der Waals surface area (Å²) >= 11 is 0. The summed E-state index contributed by atoms with van der Waals surface area (Å²) in [5.41, 5.74) is 5.71. The lowest BCUT2D eigenvalue weighted by Crippen LogP contribution is -2.18. The van der Waals surface area contributed by atoms with Crippen molar-refractivity contribution in [3.05, 3.63) is 24.6 Å². The van der Waals surface area contributed by atoms with Gasteiger partial charge in [-0.05, 0) is 6.92 Å². The zero-order chi connectivity index (χ0) is 9.40. The maximum Gasteiger partial charge on any atom is 0.339 e. The van der Waals surface area contributed by atoms with Gasteiger partial charge in [-0.1, -0.05) is 6.58 Å². The van der Waals surface area contributed by atoms with Gasteiger partial charge in [-0.25, -0.2) is 4.79 Å². The molecule has 0 aromatic heterocycles. The quantitative estimate of drug-likeness (QED) is 0.266. The van der Waals surface area contributed by atoms with Gasteiger partial charge >= 0.3 is 5.97 Å². The Balaban J connectivity index is 3.81. The lowest BCUT2D eigenvalue weighted by atomic mass is 10.3. The van der Waals surface area contributed by atoms with Crippen LogP contribution in [-0.4, -0.2) is 19.1 Å². The van der Waals surface area contributed by atoms with Crippen LogP contribution in [0.25, 0.3) is 0 Å². The molecule has 0 bridgehead atoms. The monoisotopic (exact) mass is 170 g/mol. The molecule has 0 spiro atoms. The summed E-state index contributed by atoms with van der Waals surface area (Å²) < 4.78 is 4.52. The third-order valence-corrected chi connectivity index (χ3v) is 1.12. The Labute approximate surface area is 72.1 Å². The van der Waals surface area contributed by atoms with Gasteiger partial charge in [0.15, 0.2) is 0 Å². The van der Waals surface area contributed by atoms with E-state index < -0.39 is 5.97 Å². The molecular formula is C8H14N2O2. The van der Waals surface area contributed by atoms with E-state index in [4.69, 9.17) is 5.73 Å². The maximum atomic E-state index is 10.9. The predicted octanol–water partition coefficient (Wildman–Crippen LogP) is 0.125. The summed E-state index contributed by atoms with van der Waals surface area (Å²) in [6, 6.07) is 0. The van der Waals surface area contributed by atoms with Crippen LogP contribution in [0.1, 0.15) is 6.92 Å². The van der Waals surface area contributed by atoms with Crippen molar-refractivity contribution in [3.63, 3.8) is 0 Å². The predicted molar refractivity (Wildman–Crippen MR) is 47.1 cm³/mol. The first-order chi connectivity index (χ1) is 5.72. The summed E-state index contributed by atoms with van der Waals surface area (Å²) in [5, 5.41) is 2.85. The molecule has 0 amide bonds. The van der Waals surface area contributed by atoms with Crippen LogP contribution in [-0.2, 0) is 9.53 Å². The van der Waals surface area contributed by atoms with Crippen LogP contribution in [0.3, 0.4) is 0 Å². The van der Waals surface area contributed by atoms with Crippen LogP contribution in [0.4, 0.5) is 0 Å². The standard InChI is InChI=1S/C8H14N2O2/c1-3-12-8(11)7(2)6-10-5-4-9/h3,6,10H,1,4-5,9H2,2H3. The number of carbonyl (C=O) groups is 1. The Hall–Kier alpha value is -1.29. The Kier molecular flexibility index (Phi) is 5.73. The molecule has 0 aromatic rings. The van der Waals surface area contributed by atoms with Gasteiger partial charge in [-0.3, -0.25) is 0 Å². The van der Waals surface area contributed by atoms with Crippen molar-refractivity contribution in [2.45, 2.75) is 6.92 Å². The largest absolute Gasteiger partial charge is 0.432 e. The van der Waals surface area contributed by atoms with Crippen molar-refractivity contribution in [1.82, 2.24) is 5.32 Å². The number of esters is 1. The van der Waals surface area contributed by atoms with Gasteiger partial charge in [-0.2, -0.15) is 0 Å². The second-order valence-electron chi connectivity index (χ2n) is 2.14. The molecule has 0 radical (unpaired) electrons. The van der Waals surface area contributed by atoms with E-state index in [-0.39, 0.29) is 0 Å². The minimum Gasteiger partial charge on any atom is -0.432 e. The third-order valence-electron chi connectivity index (χ3n) is 1.12. The third kappa shape index (κ3) is 4.51. The van der Waals surface area contributed by atoms with Crippen molar-refractivity contribution < 1.29 is 9.53 Å². The zero-order valence-electron chi connectivity index (χ0n) is 7.17. The van der Waals surface area contributed by atoms with Gasteiger partial charge in [0.05, 0.1) is 11.8 Å². The van der Waals surface area contributed by atoms with E-state index in [1.807, 2.05) is 0 Å². The molecule has 3 N–H and O–H groups in total. The number of nitrogens with two attached hydrogens (primary N) is 1. The Morgan fingerprint density at radius 2 is 2.42 bits per heavy atom. The Morgan fingerprint density at radius 3 is 2.92 bits per heavy atom. The number of carbonyl (C=O) groups excluding carboxylic acids is 1. The zero-order valence-corrected chi connectivity index (χ0v) is 7.17. The molecule has 0 rings (SSSR count). The molecule has 0 aliphatic carbocycles. The van der Waals surface area contributed by atoms with Crippen molar-refractivity contribution in [2.75, 3.05) is 13.1 Å². The van der Waals surface area contributed by atoms with E-state index in [1.165, 1.54) is 0 Å². The fraction of sp³-hybridized carbons (Fsp3) is 0.375. The SMILES string of the molecule is C=COC(=O)C(C)=CNCCN. The van der Waals surface area contributed by atoms with E-state index in [9.17, 15) is 4.79 Å². The number of hydrogen-bond acceptors (Lipinski definition) is 4. The van der Waals surface area contributed by atoms with Crippen LogP contribution in [0.2, 0.25) is 0 Å². The highest BCUT2D eigenvalue weighted by atomic mass is 16.5. The average Bonchev–Trinajstić information content (AvgIpc) is 2.05. The Bertz CT molecular complexity index is 187. The fourth-order valence-corrected chi connectivity index (χ4v) is 0.536. The number of ether oxygens (including phenoxy) is 1. The van der Waals surface area contributed by atoms with Crippen LogP contribution < -0.4 is 11.1 Å². The number of hydrogen-bond donors (Lipinski definition) is 2. The maximum absolute atomic E-state index is 10.9. The minimum atomic E-state index is -0.408. The molecule has 0 unspecified atom stereocenters. The first kappa shape index (κ1) is 10.7. The first-order valence-corrected chi connectivity index (χ1v) is 3.64. The van der Waals surface area contributed by atoms with Gasteiger partial charge in [0.2, 0.25) is 0 Å². The summed E-state index contributed by atoms with van der Waals surface area (Å²) in [5.74, 6) is -0.408. The van der Waals surface area contributed by atoms with Gasteiger partial charge in [0, 0.05) is 19.3 Å². The van der Waals surface area contributed by atoms with Crippen molar-refractivity contribution in [2.24, 2.45) is 5.73 Å². The highest BCUT2D eigenvalue weighted by Gasteiger charge is 2.01. The molecule has 0 saturated heterocycles. The van der Waals surface area contributed by atoms with E-state index in [2.05, 4.69) is 16.6 Å². The van der Waals surface area contributed by atoms with Crippen molar-refractivity contribution >= 4 is 5.97 Å². The molecule has 68 valence electrons. The summed E-state index contributed by atoms with van der Waals surface area (Å²) in [6.07, 6.45) is 2.67. The molecule has 0 aromatic carbocycles. The first-order valence-electron chi connectivity index (χ1n) is 3.64. The molecule has 0 fully saturated rings. The lowest BCUT2D eigenvalue weighted by Gasteiger charge is -2.00. The smallest absolute Gasteiger partial charge is 0.339 e. The fourth-order valence-electron chi connectivity index (χ4n) is 0.536. The summed E-state index contributed by atoms with van der Waals surface area (Å²) in [6.45, 7) is 6.08. The molecule has 0 atom stereocenters. The molecule has 0 aliphatic heterocycles. The molecule has 0 heterocycles. The number of nitrogens with one attached hydrogen (secondary N) is 1. The summed E-state index contributed by atoms with van der Waals surface area (Å²) in [7, 11) is 0. The van der Waals surface area contributed by atoms with Crippen LogP contribution in [0.15, 0.2) is 24.6 Å². The summed E-state index contributed by atoms with van der Waals surface area (Å²) in [4.78, 5) is 10.9. The topological polar surface area (TPSA) is 64.3 Å². The van der Waals surface area contributed by atoms with Crippen LogP contribution in [0, 0.1) is 0 Å². The van der Waals surface area contributed by atoms with Gasteiger partial charge < -0.3 is 15.8 Å². The van der Waals surface area contributed by atoms with E-state index in [1.54, 1.807) is 13.1 Å². The van der Waals surface area contributed by atoms with Gasteiger partial charge in [-0.15, -0.1) is 0 Å². The lowest BCUT2D eigenvalue weighted by molar-refractivity contribution is -0.133. The van der Waals surface area contributed by atoms with Gasteiger partial charge in [0.1, 0.15) is 0 Å². The molecule has 4 nitrogen and oxygen atoms in total. The van der Waals surface area contributed by atoms with Crippen molar-refractivity contribution in [3.8, 4) is 0 Å². The van der Waals surface area contributed by atoms with E-state index in [0.29, 0.717) is 18.7 Å². The van der Waals surface area contributed by atoms with Gasteiger partial charge in [0.25, 0.3) is 0 Å². The number of rotatable bonds is 5. The second kappa shape index (κ2) is 6.42. The molecule has 12 heavy (non-hydrogen) atoms. The molecule has 4 heteroatoms. The molecular weight excluding hydrogens is 156 g/mol. The molecule has 0 aliphatic rings. The normalized spacial score (nSPS) is 10.7. The minimum absolute atomic E-state index is 0.408. The van der Waals surface area contributed by atoms with Crippen LogP contribution in [0.5, 0.6) is 0 Å². The van der Waals surface area contributed by atoms with E-state index >= 15 is 0 Å². The van der Waals surface area contributed by atoms with Crippen LogP contribution >= 0.6 is 0 Å².